The maximum Gasteiger partial charge on any atom is 0.0713 e. The number of anilines is 1. The Morgan fingerprint density at radius 3 is 2.96 bits per heavy atom. The largest absolute Gasteiger partial charge is 0.391 e. The van der Waals surface area contributed by atoms with Crippen molar-refractivity contribution < 1.29 is 9.84 Å². The van der Waals surface area contributed by atoms with Gasteiger partial charge < -0.3 is 15.2 Å². The predicted octanol–water partition coefficient (Wildman–Crippen LogP) is 4.18. The molecule has 3 nitrogen and oxygen atoms in total. The SMILES string of the molecule is CCCCOCCCC(O)CNc1ccc2c(c1)C=CC=CC2. The fourth-order valence-electron chi connectivity index (χ4n) is 2.59. The van der Waals surface area contributed by atoms with Crippen molar-refractivity contribution in [1.82, 2.24) is 0 Å². The summed E-state index contributed by atoms with van der Waals surface area (Å²) in [7, 11) is 0. The van der Waals surface area contributed by atoms with E-state index in [0.29, 0.717) is 6.54 Å². The molecule has 0 bridgehead atoms. The molecule has 0 fully saturated rings. The first kappa shape index (κ1) is 17.8. The van der Waals surface area contributed by atoms with E-state index in [1.807, 2.05) is 0 Å². The lowest BCUT2D eigenvalue weighted by Gasteiger charge is -2.14. The Labute approximate surface area is 140 Å². The number of rotatable bonds is 10. The molecular formula is C20H29NO2. The van der Waals surface area contributed by atoms with E-state index in [0.717, 1.165) is 44.6 Å². The second kappa shape index (κ2) is 10.2. The summed E-state index contributed by atoms with van der Waals surface area (Å²) in [4.78, 5) is 0. The second-order valence-electron chi connectivity index (χ2n) is 6.05. The van der Waals surface area contributed by atoms with Crippen LogP contribution in [0.3, 0.4) is 0 Å². The summed E-state index contributed by atoms with van der Waals surface area (Å²) >= 11 is 0. The van der Waals surface area contributed by atoms with Crippen molar-refractivity contribution in [3.8, 4) is 0 Å². The summed E-state index contributed by atoms with van der Waals surface area (Å²) in [5.41, 5.74) is 3.65. The summed E-state index contributed by atoms with van der Waals surface area (Å²) in [6.07, 6.45) is 13.1. The summed E-state index contributed by atoms with van der Waals surface area (Å²) in [5, 5.41) is 13.4. The number of hydrogen-bond acceptors (Lipinski definition) is 3. The average molecular weight is 315 g/mol. The third kappa shape index (κ3) is 6.59. The molecule has 23 heavy (non-hydrogen) atoms. The number of aliphatic hydroxyl groups is 1. The molecule has 1 aromatic carbocycles. The first-order valence-corrected chi connectivity index (χ1v) is 8.75. The minimum absolute atomic E-state index is 0.333. The van der Waals surface area contributed by atoms with Gasteiger partial charge in [-0.2, -0.15) is 0 Å². The van der Waals surface area contributed by atoms with Crippen molar-refractivity contribution >= 4 is 11.8 Å². The Morgan fingerprint density at radius 2 is 2.09 bits per heavy atom. The zero-order valence-corrected chi connectivity index (χ0v) is 14.1. The van der Waals surface area contributed by atoms with Crippen molar-refractivity contribution in [2.24, 2.45) is 0 Å². The normalized spacial score (nSPS) is 14.3. The zero-order valence-electron chi connectivity index (χ0n) is 14.1. The highest BCUT2D eigenvalue weighted by Crippen LogP contribution is 2.20. The minimum atomic E-state index is -0.333. The first-order valence-electron chi connectivity index (χ1n) is 8.75. The first-order chi connectivity index (χ1) is 11.3. The van der Waals surface area contributed by atoms with Gasteiger partial charge in [0.05, 0.1) is 6.10 Å². The highest BCUT2D eigenvalue weighted by Gasteiger charge is 2.06. The standard InChI is InChI=1S/C20H29NO2/c1-2-3-13-23-14-7-10-20(22)16-21-19-12-11-17-8-5-4-6-9-18(17)15-19/h4-6,9,11-12,15,20-22H,2-3,7-8,10,13-14,16H2,1H3. The molecule has 0 saturated carbocycles. The Hall–Kier alpha value is -1.58. The minimum Gasteiger partial charge on any atom is -0.391 e. The number of unbranched alkanes of at least 4 members (excludes halogenated alkanes) is 1. The molecule has 2 rings (SSSR count). The van der Waals surface area contributed by atoms with Gasteiger partial charge in [0.25, 0.3) is 0 Å². The summed E-state index contributed by atoms with van der Waals surface area (Å²) < 4.78 is 5.52. The van der Waals surface area contributed by atoms with Gasteiger partial charge in [-0.15, -0.1) is 0 Å². The van der Waals surface area contributed by atoms with Crippen LogP contribution in [0.1, 0.15) is 43.7 Å². The molecule has 0 saturated heterocycles. The molecule has 0 aliphatic heterocycles. The number of allylic oxidation sites excluding steroid dienone is 3. The molecule has 126 valence electrons. The summed E-state index contributed by atoms with van der Waals surface area (Å²) in [6, 6.07) is 6.40. The fraction of sp³-hybridized carbons (Fsp3) is 0.500. The average Bonchev–Trinajstić information content (AvgIpc) is 2.81. The summed E-state index contributed by atoms with van der Waals surface area (Å²) in [6.45, 7) is 4.32. The molecule has 1 aromatic rings. The topological polar surface area (TPSA) is 41.5 Å². The van der Waals surface area contributed by atoms with Crippen molar-refractivity contribution in [3.63, 3.8) is 0 Å². The van der Waals surface area contributed by atoms with Crippen LogP contribution in [-0.2, 0) is 11.2 Å². The molecule has 0 heterocycles. The van der Waals surface area contributed by atoms with Crippen LogP contribution in [0.15, 0.2) is 36.4 Å². The molecule has 0 spiro atoms. The predicted molar refractivity (Wildman–Crippen MR) is 97.8 cm³/mol. The van der Waals surface area contributed by atoms with Gasteiger partial charge in [0, 0.05) is 25.4 Å². The van der Waals surface area contributed by atoms with Crippen LogP contribution >= 0.6 is 0 Å². The van der Waals surface area contributed by atoms with Gasteiger partial charge in [-0.1, -0.05) is 43.7 Å². The maximum atomic E-state index is 10.1. The number of aliphatic hydroxyl groups excluding tert-OH is 1. The van der Waals surface area contributed by atoms with Crippen LogP contribution in [0.2, 0.25) is 0 Å². The lowest BCUT2D eigenvalue weighted by molar-refractivity contribution is 0.108. The lowest BCUT2D eigenvalue weighted by atomic mass is 10.0. The zero-order chi connectivity index (χ0) is 16.3. The van der Waals surface area contributed by atoms with Gasteiger partial charge >= 0.3 is 0 Å². The quantitative estimate of drug-likeness (QED) is 0.636. The molecule has 1 aliphatic rings. The van der Waals surface area contributed by atoms with E-state index in [2.05, 4.69) is 54.7 Å². The third-order valence-electron chi connectivity index (χ3n) is 4.02. The van der Waals surface area contributed by atoms with Crippen molar-refractivity contribution in [2.45, 2.75) is 45.1 Å². The molecule has 3 heteroatoms. The third-order valence-corrected chi connectivity index (χ3v) is 4.02. The van der Waals surface area contributed by atoms with Gasteiger partial charge in [-0.3, -0.25) is 0 Å². The van der Waals surface area contributed by atoms with Crippen molar-refractivity contribution in [2.75, 3.05) is 25.1 Å². The van der Waals surface area contributed by atoms with E-state index in [1.165, 1.54) is 17.5 Å². The van der Waals surface area contributed by atoms with Crippen LogP contribution in [0.5, 0.6) is 0 Å². The van der Waals surface area contributed by atoms with E-state index < -0.39 is 0 Å². The molecule has 0 radical (unpaired) electrons. The van der Waals surface area contributed by atoms with Crippen molar-refractivity contribution in [1.29, 1.82) is 0 Å². The van der Waals surface area contributed by atoms with E-state index >= 15 is 0 Å². The van der Waals surface area contributed by atoms with Crippen LogP contribution in [-0.4, -0.2) is 31.0 Å². The number of benzene rings is 1. The smallest absolute Gasteiger partial charge is 0.0713 e. The Morgan fingerprint density at radius 1 is 1.22 bits per heavy atom. The Kier molecular flexibility index (Phi) is 7.91. The number of nitrogens with one attached hydrogen (secondary N) is 1. The molecule has 2 N–H and O–H groups in total. The van der Waals surface area contributed by atoms with Crippen LogP contribution in [0.4, 0.5) is 5.69 Å². The van der Waals surface area contributed by atoms with E-state index in [1.54, 1.807) is 0 Å². The van der Waals surface area contributed by atoms with Gasteiger partial charge in [-0.05, 0) is 48.9 Å². The monoisotopic (exact) mass is 315 g/mol. The molecule has 1 aliphatic carbocycles. The lowest BCUT2D eigenvalue weighted by Crippen LogP contribution is -2.20. The summed E-state index contributed by atoms with van der Waals surface area (Å²) in [5.74, 6) is 0. The highest BCUT2D eigenvalue weighted by atomic mass is 16.5. The molecule has 0 aromatic heterocycles. The van der Waals surface area contributed by atoms with Crippen LogP contribution in [0.25, 0.3) is 6.08 Å². The van der Waals surface area contributed by atoms with Crippen molar-refractivity contribution in [3.05, 3.63) is 47.6 Å². The second-order valence-corrected chi connectivity index (χ2v) is 6.05. The van der Waals surface area contributed by atoms with Gasteiger partial charge in [0.2, 0.25) is 0 Å². The van der Waals surface area contributed by atoms with Gasteiger partial charge in [0.15, 0.2) is 0 Å². The Bertz CT molecular complexity index is 522. The van der Waals surface area contributed by atoms with E-state index in [9.17, 15) is 5.11 Å². The maximum absolute atomic E-state index is 10.1. The van der Waals surface area contributed by atoms with E-state index in [-0.39, 0.29) is 6.10 Å². The molecule has 0 amide bonds. The van der Waals surface area contributed by atoms with Gasteiger partial charge in [0.1, 0.15) is 0 Å². The fourth-order valence-corrected chi connectivity index (χ4v) is 2.59. The number of fused-ring (bicyclic) bond motifs is 1. The Balaban J connectivity index is 1.68. The highest BCUT2D eigenvalue weighted by molar-refractivity contribution is 5.63. The van der Waals surface area contributed by atoms with Crippen LogP contribution < -0.4 is 5.32 Å². The molecule has 1 atom stereocenters. The number of ether oxygens (including phenoxy) is 1. The number of hydrogen-bond donors (Lipinski definition) is 2. The molecule has 1 unspecified atom stereocenters. The molecular weight excluding hydrogens is 286 g/mol. The van der Waals surface area contributed by atoms with Gasteiger partial charge in [-0.25, -0.2) is 0 Å². The van der Waals surface area contributed by atoms with Crippen LogP contribution in [0, 0.1) is 0 Å². The van der Waals surface area contributed by atoms with E-state index in [4.69, 9.17) is 4.74 Å².